The van der Waals surface area contributed by atoms with Crippen LogP contribution < -0.4 is 32.7 Å². The quantitative estimate of drug-likeness (QED) is 0.141. The number of carbonyl (C=O) groups excluding carboxylic acids is 2. The zero-order valence-electron chi connectivity index (χ0n) is 28.3. The molecule has 1 saturated heterocycles. The van der Waals surface area contributed by atoms with Gasteiger partial charge in [-0.1, -0.05) is 94.3 Å². The van der Waals surface area contributed by atoms with Gasteiger partial charge in [0.15, 0.2) is 5.78 Å². The van der Waals surface area contributed by atoms with Crippen LogP contribution >= 0.6 is 12.4 Å². The minimum Gasteiger partial charge on any atom is -0.359 e. The average Bonchev–Trinajstić information content (AvgIpc) is 3.80. The molecule has 0 bridgehead atoms. The third kappa shape index (κ3) is 10.1. The number of hydrogen-bond donors (Lipinski definition) is 6. The zero-order chi connectivity index (χ0) is 32.4. The summed E-state index contributed by atoms with van der Waals surface area (Å²) in [7, 11) is 1.72. The molecule has 2 fully saturated rings. The molecular formula is C37H59ClN6O2. The van der Waals surface area contributed by atoms with Crippen molar-refractivity contribution in [2.24, 2.45) is 28.7 Å². The van der Waals surface area contributed by atoms with Gasteiger partial charge in [0.05, 0.1) is 23.7 Å². The summed E-state index contributed by atoms with van der Waals surface area (Å²) in [6.45, 7) is 8.03. The van der Waals surface area contributed by atoms with Crippen LogP contribution in [0, 0.1) is 17.3 Å². The smallest absolute Gasteiger partial charge is 0.226 e. The van der Waals surface area contributed by atoms with Crippen molar-refractivity contribution in [1.82, 2.24) is 21.3 Å². The van der Waals surface area contributed by atoms with Crippen LogP contribution in [0.1, 0.15) is 82.8 Å². The fraction of sp³-hybridized carbons (Fsp3) is 0.622. The van der Waals surface area contributed by atoms with Gasteiger partial charge < -0.3 is 27.4 Å². The molecule has 1 saturated carbocycles. The lowest BCUT2D eigenvalue weighted by Crippen LogP contribution is -2.59. The van der Waals surface area contributed by atoms with E-state index in [0.717, 1.165) is 38.5 Å². The van der Waals surface area contributed by atoms with E-state index in [1.165, 1.54) is 11.1 Å². The number of ketones is 1. The number of amides is 1. The molecular weight excluding hydrogens is 596 g/mol. The highest BCUT2D eigenvalue weighted by atomic mass is 35.5. The lowest BCUT2D eigenvalue weighted by atomic mass is 9.74. The van der Waals surface area contributed by atoms with Gasteiger partial charge in [0.25, 0.3) is 0 Å². The van der Waals surface area contributed by atoms with Crippen molar-refractivity contribution in [3.05, 3.63) is 71.8 Å². The molecule has 4 unspecified atom stereocenters. The van der Waals surface area contributed by atoms with Gasteiger partial charge in [0.1, 0.15) is 0 Å². The number of piperidine rings is 1. The zero-order valence-corrected chi connectivity index (χ0v) is 29.2. The van der Waals surface area contributed by atoms with E-state index in [1.54, 1.807) is 7.05 Å². The minimum atomic E-state index is -0.522. The van der Waals surface area contributed by atoms with Crippen molar-refractivity contribution in [1.29, 1.82) is 0 Å². The van der Waals surface area contributed by atoms with Gasteiger partial charge >= 0.3 is 0 Å². The van der Waals surface area contributed by atoms with Gasteiger partial charge in [-0.2, -0.15) is 0 Å². The Hall–Kier alpha value is -2.33. The predicted molar refractivity (Wildman–Crippen MR) is 191 cm³/mol. The SMILES string of the molecule is CCCC[C@@H](NC[C@@H](CC(C)C)NC[C@H](N)Cc1ccccc1)C(=O)[C@H]1CC(C2(C(=O)NC)CC2c2ccccc2)CC(N)N1.Cl. The second-order valence-corrected chi connectivity index (χ2v) is 14.0. The summed E-state index contributed by atoms with van der Waals surface area (Å²) in [5.41, 5.74) is 15.0. The first-order chi connectivity index (χ1) is 21.7. The van der Waals surface area contributed by atoms with Crippen molar-refractivity contribution in [2.75, 3.05) is 20.1 Å². The molecule has 0 radical (unpaired) electrons. The Kier molecular flexibility index (Phi) is 15.1. The molecule has 8 atom stereocenters. The molecule has 256 valence electrons. The van der Waals surface area contributed by atoms with Crippen LogP contribution in [0.4, 0.5) is 0 Å². The first-order valence-electron chi connectivity index (χ1n) is 17.3. The van der Waals surface area contributed by atoms with Crippen molar-refractivity contribution in [3.63, 3.8) is 0 Å². The van der Waals surface area contributed by atoms with E-state index in [0.29, 0.717) is 31.8 Å². The molecule has 1 heterocycles. The highest BCUT2D eigenvalue weighted by molar-refractivity contribution is 5.90. The molecule has 0 spiro atoms. The maximum Gasteiger partial charge on any atom is 0.226 e. The Morgan fingerprint density at radius 2 is 1.67 bits per heavy atom. The Labute approximate surface area is 283 Å². The molecule has 1 aliphatic carbocycles. The van der Waals surface area contributed by atoms with E-state index in [9.17, 15) is 9.59 Å². The summed E-state index contributed by atoms with van der Waals surface area (Å²) in [6, 6.07) is 20.2. The summed E-state index contributed by atoms with van der Waals surface area (Å²) >= 11 is 0. The predicted octanol–water partition coefficient (Wildman–Crippen LogP) is 4.27. The molecule has 9 heteroatoms. The van der Waals surface area contributed by atoms with Crippen LogP contribution in [0.5, 0.6) is 0 Å². The van der Waals surface area contributed by atoms with Crippen LogP contribution in [-0.2, 0) is 16.0 Å². The molecule has 2 aromatic rings. The van der Waals surface area contributed by atoms with Gasteiger partial charge in [0.2, 0.25) is 5.91 Å². The van der Waals surface area contributed by atoms with Crippen molar-refractivity contribution < 1.29 is 9.59 Å². The van der Waals surface area contributed by atoms with Crippen LogP contribution in [-0.4, -0.2) is 62.2 Å². The van der Waals surface area contributed by atoms with Crippen LogP contribution in [0.3, 0.4) is 0 Å². The molecule has 8 nitrogen and oxygen atoms in total. The Bertz CT molecular complexity index is 1200. The maximum atomic E-state index is 14.2. The number of nitrogens with two attached hydrogens (primary N) is 2. The standard InChI is InChI=1S/C37H58N6O2.ClH/c1-5-6-17-32(42-24-30(18-25(2)3)41-23-29(38)19-26-13-9-7-10-14-26)35(44)33-20-28(21-34(39)43-33)37(36(45)40-4)22-31(37)27-15-11-8-12-16-27;/h7-16,25,28-34,41-43H,5-6,17-24,38-39H2,1-4H3,(H,40,45);1H/t28?,29-,30-,31?,32-,33-,34?,37?;/m1./s1. The molecule has 46 heavy (non-hydrogen) atoms. The fourth-order valence-corrected chi connectivity index (χ4v) is 7.60. The highest BCUT2D eigenvalue weighted by Gasteiger charge is 2.65. The first-order valence-corrected chi connectivity index (χ1v) is 17.3. The van der Waals surface area contributed by atoms with Crippen molar-refractivity contribution in [2.45, 2.75) is 108 Å². The monoisotopic (exact) mass is 654 g/mol. The van der Waals surface area contributed by atoms with E-state index in [2.05, 4.69) is 78.4 Å². The number of hydrogen-bond acceptors (Lipinski definition) is 7. The number of rotatable bonds is 18. The highest BCUT2D eigenvalue weighted by Crippen LogP contribution is 2.66. The number of nitrogens with one attached hydrogen (secondary N) is 4. The van der Waals surface area contributed by atoms with Gasteiger partial charge in [-0.25, -0.2) is 0 Å². The van der Waals surface area contributed by atoms with Crippen LogP contribution in [0.15, 0.2) is 60.7 Å². The van der Waals surface area contributed by atoms with E-state index in [-0.39, 0.29) is 66.3 Å². The van der Waals surface area contributed by atoms with E-state index < -0.39 is 5.41 Å². The second-order valence-electron chi connectivity index (χ2n) is 14.0. The number of Topliss-reactive ketones (excluding diaryl/α,β-unsaturated/α-hetero) is 1. The van der Waals surface area contributed by atoms with Crippen LogP contribution in [0.25, 0.3) is 0 Å². The summed E-state index contributed by atoms with van der Waals surface area (Å²) in [6.07, 6.45) is 6.34. The third-order valence-corrected chi connectivity index (χ3v) is 9.97. The van der Waals surface area contributed by atoms with Gasteiger partial charge in [-0.05, 0) is 67.4 Å². The summed E-state index contributed by atoms with van der Waals surface area (Å²) in [5, 5.41) is 13.7. The minimum absolute atomic E-state index is 0. The summed E-state index contributed by atoms with van der Waals surface area (Å²) in [4.78, 5) is 27.6. The lowest BCUT2D eigenvalue weighted by Gasteiger charge is -2.39. The molecule has 2 aliphatic rings. The van der Waals surface area contributed by atoms with Crippen molar-refractivity contribution >= 4 is 24.1 Å². The van der Waals surface area contributed by atoms with Crippen LogP contribution in [0.2, 0.25) is 0 Å². The fourth-order valence-electron chi connectivity index (χ4n) is 7.60. The molecule has 1 aliphatic heterocycles. The number of halogens is 1. The summed E-state index contributed by atoms with van der Waals surface area (Å²) < 4.78 is 0. The molecule has 8 N–H and O–H groups in total. The third-order valence-electron chi connectivity index (χ3n) is 9.97. The molecule has 1 amide bonds. The number of benzene rings is 2. The van der Waals surface area contributed by atoms with Gasteiger partial charge in [0, 0.05) is 32.2 Å². The van der Waals surface area contributed by atoms with Gasteiger partial charge in [-0.15, -0.1) is 12.4 Å². The van der Waals surface area contributed by atoms with E-state index >= 15 is 0 Å². The Morgan fingerprint density at radius 3 is 2.30 bits per heavy atom. The second kappa shape index (κ2) is 18.3. The Balaban J connectivity index is 0.00000576. The lowest BCUT2D eigenvalue weighted by molar-refractivity contribution is -0.131. The average molecular weight is 655 g/mol. The molecule has 2 aromatic carbocycles. The van der Waals surface area contributed by atoms with Gasteiger partial charge in [-0.3, -0.25) is 14.9 Å². The molecule has 0 aromatic heterocycles. The largest absolute Gasteiger partial charge is 0.359 e. The number of unbranched alkanes of at least 4 members (excludes halogenated alkanes) is 1. The van der Waals surface area contributed by atoms with E-state index in [4.69, 9.17) is 11.5 Å². The van der Waals surface area contributed by atoms with Crippen molar-refractivity contribution in [3.8, 4) is 0 Å². The Morgan fingerprint density at radius 1 is 1.00 bits per heavy atom. The normalized spacial score (nSPS) is 26.1. The summed E-state index contributed by atoms with van der Waals surface area (Å²) in [5.74, 6) is 0.915. The topological polar surface area (TPSA) is 134 Å². The van der Waals surface area contributed by atoms with E-state index in [1.807, 2.05) is 24.3 Å². The molecule has 4 rings (SSSR count). The number of carbonyl (C=O) groups is 2. The first kappa shape index (κ1) is 38.1. The maximum absolute atomic E-state index is 14.2.